The van der Waals surface area contributed by atoms with Crippen LogP contribution >= 0.6 is 0 Å². The highest BCUT2D eigenvalue weighted by molar-refractivity contribution is 5.84. The number of unbranched alkanes of at least 4 members (excludes halogenated alkanes) is 1. The topological polar surface area (TPSA) is 100 Å². The van der Waals surface area contributed by atoms with E-state index in [1.165, 1.54) is 0 Å². The Bertz CT molecular complexity index is 814. The van der Waals surface area contributed by atoms with Crippen molar-refractivity contribution in [3.8, 4) is 0 Å². The molecule has 10 heteroatoms. The summed E-state index contributed by atoms with van der Waals surface area (Å²) in [6.07, 6.45) is 1.92. The Balaban J connectivity index is 1.72. The number of piperazine rings is 1. The number of hydrazine groups is 1. The van der Waals surface area contributed by atoms with E-state index in [2.05, 4.69) is 32.6 Å². The van der Waals surface area contributed by atoms with Crippen LogP contribution in [0.4, 0.5) is 16.6 Å². The summed E-state index contributed by atoms with van der Waals surface area (Å²) in [6.45, 7) is 9.70. The number of aromatic nitrogens is 4. The lowest BCUT2D eigenvalue weighted by atomic mass is 10.3. The molecule has 1 aliphatic heterocycles. The summed E-state index contributed by atoms with van der Waals surface area (Å²) >= 11 is 0. The first-order chi connectivity index (χ1) is 13.5. The zero-order chi connectivity index (χ0) is 20.1. The zero-order valence-electron chi connectivity index (χ0n) is 17.2. The van der Waals surface area contributed by atoms with Crippen LogP contribution in [0.25, 0.3) is 11.2 Å². The van der Waals surface area contributed by atoms with E-state index in [0.29, 0.717) is 38.7 Å². The van der Waals surface area contributed by atoms with E-state index in [1.807, 2.05) is 30.5 Å². The van der Waals surface area contributed by atoms with Gasteiger partial charge in [-0.1, -0.05) is 13.3 Å². The van der Waals surface area contributed by atoms with Crippen molar-refractivity contribution < 1.29 is 9.53 Å². The molecule has 1 amide bonds. The van der Waals surface area contributed by atoms with Crippen molar-refractivity contribution in [1.82, 2.24) is 29.4 Å². The highest BCUT2D eigenvalue weighted by Crippen LogP contribution is 2.22. The summed E-state index contributed by atoms with van der Waals surface area (Å²) in [5, 5.41) is 5.41. The van der Waals surface area contributed by atoms with Gasteiger partial charge in [0, 0.05) is 39.8 Å². The molecule has 0 aromatic carbocycles. The molecular formula is C18H30N8O2. The van der Waals surface area contributed by atoms with E-state index in [1.54, 1.807) is 4.90 Å². The molecule has 2 aromatic heterocycles. The van der Waals surface area contributed by atoms with Crippen molar-refractivity contribution in [2.24, 2.45) is 7.05 Å². The number of nitrogens with zero attached hydrogens (tertiary/aromatic N) is 6. The Morgan fingerprint density at radius 2 is 1.89 bits per heavy atom. The minimum absolute atomic E-state index is 0.257. The summed E-state index contributed by atoms with van der Waals surface area (Å²) in [7, 11) is 1.95. The highest BCUT2D eigenvalue weighted by Gasteiger charge is 2.23. The van der Waals surface area contributed by atoms with Gasteiger partial charge in [0.2, 0.25) is 5.95 Å². The SMILES string of the molecule is CCCCNc1nc(NN2CCN(C(=O)OCC)CC2)nc2c1nc(C)n2C. The number of fused-ring (bicyclic) bond motifs is 1. The maximum atomic E-state index is 11.8. The molecule has 2 aromatic rings. The lowest BCUT2D eigenvalue weighted by molar-refractivity contribution is 0.0851. The largest absolute Gasteiger partial charge is 0.450 e. The number of aryl methyl sites for hydroxylation is 2. The van der Waals surface area contributed by atoms with Crippen LogP contribution in [0.2, 0.25) is 0 Å². The van der Waals surface area contributed by atoms with Crippen molar-refractivity contribution in [3.63, 3.8) is 0 Å². The molecule has 0 saturated carbocycles. The Labute approximate surface area is 165 Å². The van der Waals surface area contributed by atoms with Crippen LogP contribution in [0, 0.1) is 6.92 Å². The van der Waals surface area contributed by atoms with Crippen LogP contribution in [-0.2, 0) is 11.8 Å². The number of carbonyl (C=O) groups is 1. The Hall–Kier alpha value is -2.62. The summed E-state index contributed by atoms with van der Waals surface area (Å²) in [5.74, 6) is 2.16. The van der Waals surface area contributed by atoms with Gasteiger partial charge in [-0.2, -0.15) is 9.97 Å². The highest BCUT2D eigenvalue weighted by atomic mass is 16.6. The molecule has 1 fully saturated rings. The summed E-state index contributed by atoms with van der Waals surface area (Å²) in [5.41, 5.74) is 4.86. The van der Waals surface area contributed by atoms with Crippen molar-refractivity contribution in [2.75, 3.05) is 50.1 Å². The molecule has 0 spiro atoms. The van der Waals surface area contributed by atoms with Gasteiger partial charge in [-0.05, 0) is 20.3 Å². The van der Waals surface area contributed by atoms with Gasteiger partial charge in [-0.15, -0.1) is 0 Å². The smallest absolute Gasteiger partial charge is 0.409 e. The van der Waals surface area contributed by atoms with Crippen LogP contribution in [-0.4, -0.2) is 74.9 Å². The predicted octanol–water partition coefficient (Wildman–Crippen LogP) is 1.98. The van der Waals surface area contributed by atoms with Gasteiger partial charge >= 0.3 is 6.09 Å². The second-order valence-corrected chi connectivity index (χ2v) is 6.85. The quantitative estimate of drug-likeness (QED) is 0.692. The minimum Gasteiger partial charge on any atom is -0.450 e. The van der Waals surface area contributed by atoms with Gasteiger partial charge in [0.25, 0.3) is 0 Å². The van der Waals surface area contributed by atoms with Gasteiger partial charge in [0.15, 0.2) is 17.0 Å². The molecule has 0 aliphatic carbocycles. The zero-order valence-corrected chi connectivity index (χ0v) is 17.2. The first kappa shape index (κ1) is 20.1. The van der Waals surface area contributed by atoms with E-state index < -0.39 is 0 Å². The number of ether oxygens (including phenoxy) is 1. The lowest BCUT2D eigenvalue weighted by Gasteiger charge is -2.33. The van der Waals surface area contributed by atoms with E-state index in [4.69, 9.17) is 4.74 Å². The lowest BCUT2D eigenvalue weighted by Crippen LogP contribution is -2.50. The van der Waals surface area contributed by atoms with E-state index in [9.17, 15) is 4.79 Å². The Kier molecular flexibility index (Phi) is 6.50. The molecule has 0 atom stereocenters. The molecule has 154 valence electrons. The first-order valence-corrected chi connectivity index (χ1v) is 9.91. The molecule has 10 nitrogen and oxygen atoms in total. The molecular weight excluding hydrogens is 360 g/mol. The number of nitrogens with one attached hydrogen (secondary N) is 2. The Morgan fingerprint density at radius 1 is 1.14 bits per heavy atom. The van der Waals surface area contributed by atoms with Gasteiger partial charge in [-0.3, -0.25) is 5.43 Å². The fourth-order valence-electron chi connectivity index (χ4n) is 3.08. The number of imidazole rings is 1. The second kappa shape index (κ2) is 9.05. The van der Waals surface area contributed by atoms with Gasteiger partial charge in [0.1, 0.15) is 5.82 Å². The molecule has 2 N–H and O–H groups in total. The van der Waals surface area contributed by atoms with Crippen LogP contribution in [0.5, 0.6) is 0 Å². The number of carbonyl (C=O) groups excluding carboxylic acids is 1. The van der Waals surface area contributed by atoms with Crippen LogP contribution in [0.1, 0.15) is 32.5 Å². The fraction of sp³-hybridized carbons (Fsp3) is 0.667. The Morgan fingerprint density at radius 3 is 2.57 bits per heavy atom. The monoisotopic (exact) mass is 390 g/mol. The van der Waals surface area contributed by atoms with E-state index in [-0.39, 0.29) is 6.09 Å². The van der Waals surface area contributed by atoms with Crippen LogP contribution in [0.15, 0.2) is 0 Å². The number of anilines is 2. The molecule has 1 aliphatic rings. The molecule has 0 radical (unpaired) electrons. The van der Waals surface area contributed by atoms with Gasteiger partial charge in [-0.25, -0.2) is 14.8 Å². The van der Waals surface area contributed by atoms with E-state index >= 15 is 0 Å². The number of rotatable bonds is 7. The first-order valence-electron chi connectivity index (χ1n) is 9.91. The maximum absolute atomic E-state index is 11.8. The average Bonchev–Trinajstić information content (AvgIpc) is 2.97. The molecule has 3 rings (SSSR count). The third-order valence-electron chi connectivity index (χ3n) is 4.83. The van der Waals surface area contributed by atoms with Crippen molar-refractivity contribution in [3.05, 3.63) is 5.82 Å². The third kappa shape index (κ3) is 4.44. The van der Waals surface area contributed by atoms with Gasteiger partial charge < -0.3 is 19.5 Å². The number of amides is 1. The molecule has 0 unspecified atom stereocenters. The standard InChI is InChI=1S/C18H30N8O2/c1-5-7-8-19-15-14-16(24(4)13(3)20-14)22-17(21-15)23-26-11-9-25(10-12-26)18(27)28-6-2/h5-12H2,1-4H3,(H2,19,21,22,23). The van der Waals surface area contributed by atoms with Crippen LogP contribution < -0.4 is 10.7 Å². The summed E-state index contributed by atoms with van der Waals surface area (Å²) < 4.78 is 7.03. The normalized spacial score (nSPS) is 15.1. The number of hydrogen-bond acceptors (Lipinski definition) is 8. The fourth-order valence-corrected chi connectivity index (χ4v) is 3.08. The number of hydrogen-bond donors (Lipinski definition) is 2. The van der Waals surface area contributed by atoms with Gasteiger partial charge in [0.05, 0.1) is 6.61 Å². The summed E-state index contributed by atoms with van der Waals surface area (Å²) in [4.78, 5) is 27.5. The third-order valence-corrected chi connectivity index (χ3v) is 4.83. The maximum Gasteiger partial charge on any atom is 0.409 e. The van der Waals surface area contributed by atoms with Crippen LogP contribution in [0.3, 0.4) is 0 Å². The average molecular weight is 390 g/mol. The van der Waals surface area contributed by atoms with Crippen molar-refractivity contribution in [2.45, 2.75) is 33.6 Å². The van der Waals surface area contributed by atoms with Crippen molar-refractivity contribution in [1.29, 1.82) is 0 Å². The molecule has 3 heterocycles. The predicted molar refractivity (Wildman–Crippen MR) is 108 cm³/mol. The molecule has 1 saturated heterocycles. The second-order valence-electron chi connectivity index (χ2n) is 6.85. The van der Waals surface area contributed by atoms with Crippen molar-refractivity contribution >= 4 is 29.0 Å². The van der Waals surface area contributed by atoms with E-state index in [0.717, 1.165) is 42.2 Å². The summed E-state index contributed by atoms with van der Waals surface area (Å²) in [6, 6.07) is 0. The molecule has 0 bridgehead atoms. The minimum atomic E-state index is -0.257. The molecule has 28 heavy (non-hydrogen) atoms.